The van der Waals surface area contributed by atoms with Gasteiger partial charge >= 0.3 is 5.25 Å². The minimum absolute atomic E-state index is 0.175. The SMILES string of the molecule is CNC(=O)c1ccc(NCC#Cc2cc3c(N[C@@H]4CCN(C)C[C@@H]4F)ccc4n3c2SC(F)(F)CO4)cc1. The second-order valence-corrected chi connectivity index (χ2v) is 10.5. The van der Waals surface area contributed by atoms with Crippen molar-refractivity contribution in [3.05, 3.63) is 53.6 Å². The zero-order valence-corrected chi connectivity index (χ0v) is 21.8. The number of anilines is 2. The highest BCUT2D eigenvalue weighted by atomic mass is 32.2. The number of hydrogen-bond donors (Lipinski definition) is 3. The highest BCUT2D eigenvalue weighted by Gasteiger charge is 2.38. The van der Waals surface area contributed by atoms with Gasteiger partial charge in [-0.2, -0.15) is 8.78 Å². The van der Waals surface area contributed by atoms with Gasteiger partial charge in [-0.3, -0.25) is 9.20 Å². The number of alkyl halides is 3. The Bertz CT molecular complexity index is 1400. The van der Waals surface area contributed by atoms with E-state index in [4.69, 9.17) is 4.74 Å². The molecule has 7 nitrogen and oxygen atoms in total. The van der Waals surface area contributed by atoms with Crippen molar-refractivity contribution in [3.8, 4) is 17.7 Å². The number of nitrogens with zero attached hydrogens (tertiary/aromatic N) is 2. The number of piperidine rings is 1. The molecule has 0 bridgehead atoms. The lowest BCUT2D eigenvalue weighted by molar-refractivity contribution is 0.0473. The molecule has 1 fully saturated rings. The molecule has 4 heterocycles. The van der Waals surface area contributed by atoms with Crippen molar-refractivity contribution in [1.82, 2.24) is 14.6 Å². The van der Waals surface area contributed by atoms with E-state index in [0.29, 0.717) is 47.1 Å². The van der Waals surface area contributed by atoms with Crippen LogP contribution >= 0.6 is 11.8 Å². The molecule has 0 aliphatic carbocycles. The fraction of sp³-hybridized carbons (Fsp3) is 0.370. The van der Waals surface area contributed by atoms with Gasteiger partial charge < -0.3 is 25.6 Å². The van der Waals surface area contributed by atoms with Crippen molar-refractivity contribution < 1.29 is 22.7 Å². The van der Waals surface area contributed by atoms with Gasteiger partial charge in [0.1, 0.15) is 11.2 Å². The predicted octanol–water partition coefficient (Wildman–Crippen LogP) is 4.29. The van der Waals surface area contributed by atoms with Gasteiger partial charge in [0.05, 0.1) is 29.4 Å². The number of benzene rings is 1. The van der Waals surface area contributed by atoms with E-state index in [1.54, 1.807) is 53.9 Å². The Labute approximate surface area is 223 Å². The van der Waals surface area contributed by atoms with E-state index in [2.05, 4.69) is 27.8 Å². The lowest BCUT2D eigenvalue weighted by atomic mass is 10.0. The Morgan fingerprint density at radius 2 is 2.03 bits per heavy atom. The van der Waals surface area contributed by atoms with Gasteiger partial charge in [-0.05, 0) is 61.6 Å². The molecular formula is C27H28F3N5O2S. The van der Waals surface area contributed by atoms with Crippen molar-refractivity contribution >= 4 is 34.6 Å². The van der Waals surface area contributed by atoms with Crippen LogP contribution in [0.25, 0.3) is 5.52 Å². The summed E-state index contributed by atoms with van der Waals surface area (Å²) in [5, 5.41) is 6.15. The molecule has 1 saturated heterocycles. The number of halogens is 3. The third kappa shape index (κ3) is 5.51. The second kappa shape index (κ2) is 10.7. The van der Waals surface area contributed by atoms with Gasteiger partial charge in [0.25, 0.3) is 5.91 Å². The highest BCUT2D eigenvalue weighted by Crippen LogP contribution is 2.44. The van der Waals surface area contributed by atoms with Crippen molar-refractivity contribution in [2.75, 3.05) is 51.0 Å². The van der Waals surface area contributed by atoms with Crippen LogP contribution in [0.15, 0.2) is 47.5 Å². The summed E-state index contributed by atoms with van der Waals surface area (Å²) in [4.78, 5) is 13.6. The molecule has 1 aromatic carbocycles. The summed E-state index contributed by atoms with van der Waals surface area (Å²) in [7, 11) is 3.46. The molecule has 11 heteroatoms. The molecular weight excluding hydrogens is 515 g/mol. The average Bonchev–Trinajstić information content (AvgIpc) is 3.18. The number of carbonyl (C=O) groups is 1. The summed E-state index contributed by atoms with van der Waals surface area (Å²) in [6.45, 7) is 0.604. The van der Waals surface area contributed by atoms with Crippen molar-refractivity contribution in [2.24, 2.45) is 0 Å². The third-order valence-corrected chi connectivity index (χ3v) is 7.55. The standard InChI is InChI=1S/C27H28F3N5O2S/c1-31-25(36)17-5-7-19(8-6-17)32-12-3-4-18-14-23-22(33-21-11-13-34(2)15-20(21)28)9-10-24-35(23)26(18)38-27(29,30)16-37-24/h5-10,14,20-21,32-33H,11-13,15-16H2,1-2H3,(H,31,36)/t20-,21+/m0/s1. The first kappa shape index (κ1) is 26.1. The lowest BCUT2D eigenvalue weighted by Gasteiger charge is -2.33. The minimum Gasteiger partial charge on any atom is -0.471 e. The van der Waals surface area contributed by atoms with E-state index in [1.807, 2.05) is 11.9 Å². The summed E-state index contributed by atoms with van der Waals surface area (Å²) in [5.41, 5.74) is 3.00. The maximum atomic E-state index is 14.7. The molecule has 38 heavy (non-hydrogen) atoms. The smallest absolute Gasteiger partial charge is 0.332 e. The first-order chi connectivity index (χ1) is 18.2. The molecule has 0 unspecified atom stereocenters. The molecule has 5 rings (SSSR count). The molecule has 2 aliphatic heterocycles. The number of aromatic nitrogens is 1. The van der Waals surface area contributed by atoms with Crippen molar-refractivity contribution in [1.29, 1.82) is 0 Å². The number of hydrogen-bond acceptors (Lipinski definition) is 6. The lowest BCUT2D eigenvalue weighted by Crippen LogP contribution is -2.46. The van der Waals surface area contributed by atoms with Gasteiger partial charge in [-0.25, -0.2) is 4.39 Å². The predicted molar refractivity (Wildman–Crippen MR) is 143 cm³/mol. The summed E-state index contributed by atoms with van der Waals surface area (Å²) in [5.74, 6) is 6.13. The molecule has 2 aliphatic rings. The molecule has 200 valence electrons. The van der Waals surface area contributed by atoms with Crippen LogP contribution < -0.4 is 20.7 Å². The number of thioether (sulfide) groups is 1. The quantitative estimate of drug-likeness (QED) is 0.417. The zero-order chi connectivity index (χ0) is 26.9. The molecule has 2 aromatic heterocycles. The maximum Gasteiger partial charge on any atom is 0.332 e. The second-order valence-electron chi connectivity index (χ2n) is 9.33. The van der Waals surface area contributed by atoms with Crippen LogP contribution in [0.4, 0.5) is 24.5 Å². The number of pyridine rings is 1. The van der Waals surface area contributed by atoms with Gasteiger partial charge in [-0.15, -0.1) is 0 Å². The average molecular weight is 544 g/mol. The molecule has 2 atom stereocenters. The topological polar surface area (TPSA) is 70.0 Å². The first-order valence-corrected chi connectivity index (χ1v) is 13.1. The molecule has 0 radical (unpaired) electrons. The summed E-state index contributed by atoms with van der Waals surface area (Å²) < 4.78 is 50.9. The number of ether oxygens (including phenoxy) is 1. The Hall–Kier alpha value is -3.49. The molecule has 3 aromatic rings. The van der Waals surface area contributed by atoms with Crippen LogP contribution in [0.3, 0.4) is 0 Å². The van der Waals surface area contributed by atoms with E-state index < -0.39 is 18.0 Å². The van der Waals surface area contributed by atoms with E-state index >= 15 is 0 Å². The van der Waals surface area contributed by atoms with Crippen LogP contribution in [-0.4, -0.2) is 73.0 Å². The van der Waals surface area contributed by atoms with E-state index in [-0.39, 0.29) is 29.4 Å². The summed E-state index contributed by atoms with van der Waals surface area (Å²) in [6.07, 6.45) is -0.422. The van der Waals surface area contributed by atoms with Crippen LogP contribution in [0.2, 0.25) is 0 Å². The van der Waals surface area contributed by atoms with E-state index in [1.165, 1.54) is 0 Å². The maximum absolute atomic E-state index is 14.7. The summed E-state index contributed by atoms with van der Waals surface area (Å²) >= 11 is 0.413. The van der Waals surface area contributed by atoms with Crippen LogP contribution in [-0.2, 0) is 0 Å². The summed E-state index contributed by atoms with van der Waals surface area (Å²) in [6, 6.07) is 11.7. The molecule has 3 N–H and O–H groups in total. The van der Waals surface area contributed by atoms with Crippen LogP contribution in [0.1, 0.15) is 22.3 Å². The molecule has 1 amide bonds. The Morgan fingerprint density at radius 3 is 2.76 bits per heavy atom. The highest BCUT2D eigenvalue weighted by molar-refractivity contribution is 8.00. The first-order valence-electron chi connectivity index (χ1n) is 12.3. The largest absolute Gasteiger partial charge is 0.471 e. The Kier molecular flexibility index (Phi) is 7.36. The number of carbonyl (C=O) groups excluding carboxylic acids is 1. The number of rotatable bonds is 5. The van der Waals surface area contributed by atoms with Gasteiger partial charge in [-0.1, -0.05) is 11.8 Å². The van der Waals surface area contributed by atoms with E-state index in [9.17, 15) is 18.0 Å². The number of amides is 1. The van der Waals surface area contributed by atoms with Gasteiger partial charge in [0.15, 0.2) is 12.5 Å². The van der Waals surface area contributed by atoms with E-state index in [0.717, 1.165) is 12.2 Å². The molecule has 0 spiro atoms. The fourth-order valence-corrected chi connectivity index (χ4v) is 5.47. The third-order valence-electron chi connectivity index (χ3n) is 6.54. The van der Waals surface area contributed by atoms with Crippen LogP contribution in [0, 0.1) is 11.8 Å². The Balaban J connectivity index is 1.41. The van der Waals surface area contributed by atoms with Crippen molar-refractivity contribution in [3.63, 3.8) is 0 Å². The number of nitrogens with one attached hydrogen (secondary N) is 3. The van der Waals surface area contributed by atoms with Crippen molar-refractivity contribution in [2.45, 2.75) is 28.9 Å². The van der Waals surface area contributed by atoms with Gasteiger partial charge in [0.2, 0.25) is 0 Å². The molecule has 0 saturated carbocycles. The van der Waals surface area contributed by atoms with Crippen LogP contribution in [0.5, 0.6) is 5.88 Å². The monoisotopic (exact) mass is 543 g/mol. The normalized spacial score (nSPS) is 20.6. The zero-order valence-electron chi connectivity index (χ0n) is 21.0. The Morgan fingerprint density at radius 1 is 1.24 bits per heavy atom. The number of likely N-dealkylation sites (tertiary alicyclic amines) is 1. The fourth-order valence-electron chi connectivity index (χ4n) is 4.57. The minimum atomic E-state index is -3.14. The van der Waals surface area contributed by atoms with Gasteiger partial charge in [0, 0.05) is 37.5 Å².